The van der Waals surface area contributed by atoms with Crippen LogP contribution in [0, 0.1) is 13.8 Å². The molecule has 0 bridgehead atoms. The maximum atomic E-state index is 11.9. The summed E-state index contributed by atoms with van der Waals surface area (Å²) in [6.45, 7) is 7.70. The summed E-state index contributed by atoms with van der Waals surface area (Å²) in [5, 5.41) is 6.79. The minimum Gasteiger partial charge on any atom is -0.361 e. The van der Waals surface area contributed by atoms with Crippen LogP contribution < -0.4 is 11.1 Å². The first kappa shape index (κ1) is 14.7. The average Bonchev–Trinajstić information content (AvgIpc) is 2.65. The van der Waals surface area contributed by atoms with Gasteiger partial charge in [0.2, 0.25) is 5.91 Å². The Morgan fingerprint density at radius 1 is 1.50 bits per heavy atom. The van der Waals surface area contributed by atoms with Crippen molar-refractivity contribution in [2.45, 2.75) is 59.0 Å². The SMILES string of the molecule is CCCC[C@H](N)C(=O)NC(C)c1c(C)noc1C. The summed E-state index contributed by atoms with van der Waals surface area (Å²) in [6, 6.07) is -0.565. The van der Waals surface area contributed by atoms with Crippen molar-refractivity contribution in [3.63, 3.8) is 0 Å². The molecule has 0 fully saturated rings. The molecule has 5 heteroatoms. The number of rotatable bonds is 6. The third kappa shape index (κ3) is 3.57. The molecule has 2 atom stereocenters. The summed E-state index contributed by atoms with van der Waals surface area (Å²) >= 11 is 0. The molecule has 0 spiro atoms. The molecule has 1 heterocycles. The standard InChI is InChI=1S/C13H23N3O2/c1-5-6-7-11(14)13(17)15-8(2)12-9(3)16-18-10(12)4/h8,11H,5-7,14H2,1-4H3,(H,15,17)/t8?,11-/m0/s1. The zero-order valence-corrected chi connectivity index (χ0v) is 11.6. The van der Waals surface area contributed by atoms with Crippen molar-refractivity contribution in [3.05, 3.63) is 17.0 Å². The van der Waals surface area contributed by atoms with Crippen LogP contribution in [-0.4, -0.2) is 17.1 Å². The molecule has 1 unspecified atom stereocenters. The first-order valence-electron chi connectivity index (χ1n) is 6.46. The minimum absolute atomic E-state index is 0.115. The van der Waals surface area contributed by atoms with Crippen molar-refractivity contribution in [3.8, 4) is 0 Å². The lowest BCUT2D eigenvalue weighted by Gasteiger charge is -2.17. The average molecular weight is 253 g/mol. The van der Waals surface area contributed by atoms with Gasteiger partial charge >= 0.3 is 0 Å². The van der Waals surface area contributed by atoms with E-state index in [2.05, 4.69) is 17.4 Å². The fourth-order valence-corrected chi connectivity index (χ4v) is 2.06. The summed E-state index contributed by atoms with van der Waals surface area (Å²) in [7, 11) is 0. The van der Waals surface area contributed by atoms with Crippen molar-refractivity contribution in [1.29, 1.82) is 0 Å². The van der Waals surface area contributed by atoms with E-state index in [4.69, 9.17) is 10.3 Å². The third-order valence-corrected chi connectivity index (χ3v) is 3.09. The molecule has 0 aliphatic rings. The van der Waals surface area contributed by atoms with Gasteiger partial charge in [0, 0.05) is 5.56 Å². The largest absolute Gasteiger partial charge is 0.361 e. The first-order chi connectivity index (χ1) is 8.47. The first-order valence-corrected chi connectivity index (χ1v) is 6.46. The molecule has 3 N–H and O–H groups in total. The number of nitrogens with two attached hydrogens (primary N) is 1. The van der Waals surface area contributed by atoms with Crippen molar-refractivity contribution in [2.24, 2.45) is 5.73 Å². The highest BCUT2D eigenvalue weighted by molar-refractivity contribution is 5.81. The fraction of sp³-hybridized carbons (Fsp3) is 0.692. The number of unbranched alkanes of at least 4 members (excludes halogenated alkanes) is 1. The number of hydrogen-bond donors (Lipinski definition) is 2. The molecular weight excluding hydrogens is 230 g/mol. The number of amides is 1. The Balaban J connectivity index is 2.59. The molecule has 0 aliphatic carbocycles. The minimum atomic E-state index is -0.437. The van der Waals surface area contributed by atoms with Gasteiger partial charge in [-0.1, -0.05) is 24.9 Å². The van der Waals surface area contributed by atoms with E-state index in [9.17, 15) is 4.79 Å². The molecule has 0 radical (unpaired) electrons. The number of nitrogens with one attached hydrogen (secondary N) is 1. The molecule has 1 aromatic heterocycles. The maximum absolute atomic E-state index is 11.9. The van der Waals surface area contributed by atoms with Crippen LogP contribution in [-0.2, 0) is 4.79 Å². The summed E-state index contributed by atoms with van der Waals surface area (Å²) in [6.07, 6.45) is 2.73. The van der Waals surface area contributed by atoms with Crippen LogP contribution in [0.4, 0.5) is 0 Å². The highest BCUT2D eigenvalue weighted by atomic mass is 16.5. The fourth-order valence-electron chi connectivity index (χ4n) is 2.06. The van der Waals surface area contributed by atoms with Crippen LogP contribution in [0.2, 0.25) is 0 Å². The Bertz CT molecular complexity index is 381. The van der Waals surface area contributed by atoms with Crippen molar-refractivity contribution < 1.29 is 9.32 Å². The number of hydrogen-bond acceptors (Lipinski definition) is 4. The predicted octanol–water partition coefficient (Wildman–Crippen LogP) is 1.99. The molecule has 5 nitrogen and oxygen atoms in total. The Kier molecular flexibility index (Phi) is 5.34. The van der Waals surface area contributed by atoms with E-state index < -0.39 is 6.04 Å². The Morgan fingerprint density at radius 2 is 2.17 bits per heavy atom. The van der Waals surface area contributed by atoms with Crippen molar-refractivity contribution >= 4 is 5.91 Å². The summed E-state index contributed by atoms with van der Waals surface area (Å²) in [5.74, 6) is 0.623. The summed E-state index contributed by atoms with van der Waals surface area (Å²) in [5.41, 5.74) is 7.57. The van der Waals surface area contributed by atoms with Crippen LogP contribution in [0.3, 0.4) is 0 Å². The van der Waals surface area contributed by atoms with E-state index >= 15 is 0 Å². The van der Waals surface area contributed by atoms with E-state index in [-0.39, 0.29) is 11.9 Å². The predicted molar refractivity (Wildman–Crippen MR) is 70.0 cm³/mol. The second-order valence-corrected chi connectivity index (χ2v) is 4.72. The highest BCUT2D eigenvalue weighted by Crippen LogP contribution is 2.20. The summed E-state index contributed by atoms with van der Waals surface area (Å²) in [4.78, 5) is 11.9. The Morgan fingerprint density at radius 3 is 2.67 bits per heavy atom. The van der Waals surface area contributed by atoms with Crippen molar-refractivity contribution in [2.75, 3.05) is 0 Å². The number of carbonyl (C=O) groups excluding carboxylic acids is 1. The van der Waals surface area contributed by atoms with Crippen molar-refractivity contribution in [1.82, 2.24) is 10.5 Å². The topological polar surface area (TPSA) is 81.2 Å². The molecule has 0 aromatic carbocycles. The van der Waals surface area contributed by atoms with Gasteiger partial charge in [-0.05, 0) is 27.2 Å². The van der Waals surface area contributed by atoms with Crippen LogP contribution >= 0.6 is 0 Å². The van der Waals surface area contributed by atoms with Gasteiger partial charge in [-0.3, -0.25) is 4.79 Å². The lowest BCUT2D eigenvalue weighted by atomic mass is 10.1. The van der Waals surface area contributed by atoms with Gasteiger partial charge in [0.15, 0.2) is 0 Å². The number of nitrogens with zero attached hydrogens (tertiary/aromatic N) is 1. The van der Waals surface area contributed by atoms with E-state index in [1.54, 1.807) is 0 Å². The van der Waals surface area contributed by atoms with Gasteiger partial charge in [-0.15, -0.1) is 0 Å². The molecule has 0 saturated heterocycles. The molecule has 102 valence electrons. The highest BCUT2D eigenvalue weighted by Gasteiger charge is 2.20. The molecule has 0 aliphatic heterocycles. The normalized spacial score (nSPS) is 14.3. The maximum Gasteiger partial charge on any atom is 0.237 e. The van der Waals surface area contributed by atoms with Crippen LogP contribution in [0.1, 0.15) is 56.2 Å². The summed E-state index contributed by atoms with van der Waals surface area (Å²) < 4.78 is 5.09. The molecule has 1 aromatic rings. The lowest BCUT2D eigenvalue weighted by molar-refractivity contribution is -0.123. The zero-order valence-electron chi connectivity index (χ0n) is 11.6. The van der Waals surface area contributed by atoms with Gasteiger partial charge < -0.3 is 15.6 Å². The number of aromatic nitrogens is 1. The van der Waals surface area contributed by atoms with Crippen LogP contribution in [0.5, 0.6) is 0 Å². The number of carbonyl (C=O) groups is 1. The van der Waals surface area contributed by atoms with E-state index in [1.807, 2.05) is 20.8 Å². The van der Waals surface area contributed by atoms with Gasteiger partial charge in [0.05, 0.1) is 17.8 Å². The van der Waals surface area contributed by atoms with E-state index in [1.165, 1.54) is 0 Å². The molecule has 1 rings (SSSR count). The molecule has 1 amide bonds. The third-order valence-electron chi connectivity index (χ3n) is 3.09. The smallest absolute Gasteiger partial charge is 0.237 e. The molecular formula is C13H23N3O2. The quantitative estimate of drug-likeness (QED) is 0.812. The van der Waals surface area contributed by atoms with Gasteiger partial charge in [-0.2, -0.15) is 0 Å². The van der Waals surface area contributed by atoms with Crippen LogP contribution in [0.25, 0.3) is 0 Å². The molecule has 0 saturated carbocycles. The van der Waals surface area contributed by atoms with E-state index in [0.29, 0.717) is 0 Å². The zero-order chi connectivity index (χ0) is 13.7. The molecule has 18 heavy (non-hydrogen) atoms. The number of aryl methyl sites for hydroxylation is 2. The second kappa shape index (κ2) is 6.54. The lowest BCUT2D eigenvalue weighted by Crippen LogP contribution is -2.41. The van der Waals surface area contributed by atoms with E-state index in [0.717, 1.165) is 36.3 Å². The monoisotopic (exact) mass is 253 g/mol. The Hall–Kier alpha value is -1.36. The van der Waals surface area contributed by atoms with Gasteiger partial charge in [0.1, 0.15) is 5.76 Å². The van der Waals surface area contributed by atoms with Gasteiger partial charge in [0.25, 0.3) is 0 Å². The second-order valence-electron chi connectivity index (χ2n) is 4.72. The van der Waals surface area contributed by atoms with Crippen LogP contribution in [0.15, 0.2) is 4.52 Å². The van der Waals surface area contributed by atoms with Gasteiger partial charge in [-0.25, -0.2) is 0 Å². The Labute approximate surface area is 108 Å².